The molecule has 3 N–H and O–H groups in total. The van der Waals surface area contributed by atoms with Gasteiger partial charge < -0.3 is 14.6 Å². The highest BCUT2D eigenvalue weighted by molar-refractivity contribution is 5.99. The molecule has 1 aromatic heterocycles. The van der Waals surface area contributed by atoms with E-state index in [0.29, 0.717) is 5.58 Å². The number of furan rings is 1. The summed E-state index contributed by atoms with van der Waals surface area (Å²) in [5.74, 6) is -0.864. The normalized spacial score (nSPS) is 11.2. The van der Waals surface area contributed by atoms with Gasteiger partial charge in [-0.25, -0.2) is 5.43 Å². The Kier molecular flexibility index (Phi) is 3.72. The molecular weight excluding hydrogens is 296 g/mol. The first kappa shape index (κ1) is 14.6. The molecule has 2 aromatic carbocycles. The zero-order valence-corrected chi connectivity index (χ0v) is 12.3. The number of carbonyl (C=O) groups excluding carboxylic acids is 1. The molecule has 0 radical (unpaired) electrons. The fraction of sp³-hybridized carbons (Fsp3) is 0.0588. The molecule has 0 aliphatic heterocycles. The number of phenols is 2. The molecule has 3 rings (SSSR count). The lowest BCUT2D eigenvalue weighted by atomic mass is 10.1. The van der Waals surface area contributed by atoms with Crippen LogP contribution in [0.5, 0.6) is 11.5 Å². The first-order valence-electron chi connectivity index (χ1n) is 6.90. The molecule has 3 aromatic rings. The highest BCUT2D eigenvalue weighted by atomic mass is 16.3. The summed E-state index contributed by atoms with van der Waals surface area (Å²) >= 11 is 0. The molecule has 0 bridgehead atoms. The smallest absolute Gasteiger partial charge is 0.307 e. The van der Waals surface area contributed by atoms with Gasteiger partial charge in [-0.15, -0.1) is 0 Å². The number of benzene rings is 2. The van der Waals surface area contributed by atoms with E-state index in [1.165, 1.54) is 12.3 Å². The minimum Gasteiger partial charge on any atom is -0.504 e. The maximum atomic E-state index is 12.1. The Morgan fingerprint density at radius 3 is 2.74 bits per heavy atom. The fourth-order valence-corrected chi connectivity index (χ4v) is 2.25. The van der Waals surface area contributed by atoms with Crippen LogP contribution in [0.2, 0.25) is 0 Å². The summed E-state index contributed by atoms with van der Waals surface area (Å²) in [5.41, 5.74) is 3.98. The van der Waals surface area contributed by atoms with Crippen LogP contribution < -0.4 is 5.43 Å². The third-order valence-corrected chi connectivity index (χ3v) is 3.47. The summed E-state index contributed by atoms with van der Waals surface area (Å²) in [7, 11) is 0. The van der Waals surface area contributed by atoms with Gasteiger partial charge in [0.05, 0.1) is 6.21 Å². The number of hydrogen-bond donors (Lipinski definition) is 3. The molecule has 1 amide bonds. The van der Waals surface area contributed by atoms with E-state index in [-0.39, 0.29) is 22.8 Å². The van der Waals surface area contributed by atoms with E-state index >= 15 is 0 Å². The minimum atomic E-state index is -0.491. The number of phenolic OH excluding ortho intramolecular Hbond substituents is 2. The molecule has 1 heterocycles. The maximum absolute atomic E-state index is 12.1. The number of aromatic hydroxyl groups is 2. The average molecular weight is 310 g/mol. The van der Waals surface area contributed by atoms with E-state index in [9.17, 15) is 15.0 Å². The van der Waals surface area contributed by atoms with Gasteiger partial charge in [0.2, 0.25) is 0 Å². The van der Waals surface area contributed by atoms with E-state index in [2.05, 4.69) is 10.5 Å². The summed E-state index contributed by atoms with van der Waals surface area (Å²) in [6.45, 7) is 1.80. The van der Waals surface area contributed by atoms with Crippen LogP contribution in [-0.4, -0.2) is 22.3 Å². The van der Waals surface area contributed by atoms with Crippen LogP contribution in [0.15, 0.2) is 52.0 Å². The number of carbonyl (C=O) groups is 1. The van der Waals surface area contributed by atoms with Crippen molar-refractivity contribution in [1.29, 1.82) is 0 Å². The SMILES string of the molecule is Cc1c(C(=O)N/N=C/c2cccc(O)c2O)oc2ccccc12. The summed E-state index contributed by atoms with van der Waals surface area (Å²) in [4.78, 5) is 12.1. The highest BCUT2D eigenvalue weighted by Gasteiger charge is 2.16. The molecule has 23 heavy (non-hydrogen) atoms. The van der Waals surface area contributed by atoms with Gasteiger partial charge in [-0.05, 0) is 25.1 Å². The summed E-state index contributed by atoms with van der Waals surface area (Å²) in [6.07, 6.45) is 1.24. The van der Waals surface area contributed by atoms with E-state index in [0.717, 1.165) is 10.9 Å². The van der Waals surface area contributed by atoms with Gasteiger partial charge in [0.25, 0.3) is 0 Å². The zero-order chi connectivity index (χ0) is 16.4. The number of para-hydroxylation sites is 2. The molecule has 0 spiro atoms. The third-order valence-electron chi connectivity index (χ3n) is 3.47. The molecule has 0 aliphatic carbocycles. The Hall–Kier alpha value is -3.28. The van der Waals surface area contributed by atoms with Crippen molar-refractivity contribution in [2.24, 2.45) is 5.10 Å². The standard InChI is InChI=1S/C17H14N2O4/c1-10-12-6-2-3-8-14(12)23-16(10)17(22)19-18-9-11-5-4-7-13(20)15(11)21/h2-9,20-21H,1H3,(H,19,22)/b18-9+. The minimum absolute atomic E-state index is 0.184. The van der Waals surface area contributed by atoms with Crippen LogP contribution >= 0.6 is 0 Å². The van der Waals surface area contributed by atoms with Gasteiger partial charge in [-0.2, -0.15) is 5.10 Å². The molecule has 0 saturated heterocycles. The summed E-state index contributed by atoms with van der Waals surface area (Å²) < 4.78 is 5.53. The van der Waals surface area contributed by atoms with E-state index in [4.69, 9.17) is 4.42 Å². The van der Waals surface area contributed by atoms with Crippen molar-refractivity contribution in [3.8, 4) is 11.5 Å². The summed E-state index contributed by atoms with van der Waals surface area (Å²) in [6, 6.07) is 11.8. The second-order valence-electron chi connectivity index (χ2n) is 4.97. The number of nitrogens with one attached hydrogen (secondary N) is 1. The van der Waals surface area contributed by atoms with Gasteiger partial charge in [-0.3, -0.25) is 4.79 Å². The highest BCUT2D eigenvalue weighted by Crippen LogP contribution is 2.27. The monoisotopic (exact) mass is 310 g/mol. The predicted octanol–water partition coefficient (Wildman–Crippen LogP) is 2.92. The molecule has 0 fully saturated rings. The largest absolute Gasteiger partial charge is 0.504 e. The molecule has 0 atom stereocenters. The Morgan fingerprint density at radius 1 is 1.17 bits per heavy atom. The Morgan fingerprint density at radius 2 is 1.96 bits per heavy atom. The topological polar surface area (TPSA) is 95.1 Å². The van der Waals surface area contributed by atoms with Crippen LogP contribution in [-0.2, 0) is 0 Å². The lowest BCUT2D eigenvalue weighted by molar-refractivity contribution is 0.0929. The van der Waals surface area contributed by atoms with Crippen LogP contribution in [0, 0.1) is 6.92 Å². The second kappa shape index (κ2) is 5.84. The summed E-state index contributed by atoms with van der Waals surface area (Å²) in [5, 5.41) is 23.7. The molecule has 0 saturated carbocycles. The quantitative estimate of drug-likeness (QED) is 0.394. The molecule has 6 nitrogen and oxygen atoms in total. The lowest BCUT2D eigenvalue weighted by Crippen LogP contribution is -2.17. The first-order chi connectivity index (χ1) is 11.1. The number of hydrogen-bond acceptors (Lipinski definition) is 5. The number of hydrazone groups is 1. The molecule has 116 valence electrons. The Bertz CT molecular complexity index is 912. The second-order valence-corrected chi connectivity index (χ2v) is 4.97. The van der Waals surface area contributed by atoms with Crippen LogP contribution in [0.1, 0.15) is 21.7 Å². The van der Waals surface area contributed by atoms with Crippen molar-refractivity contribution < 1.29 is 19.4 Å². The average Bonchev–Trinajstić information content (AvgIpc) is 2.89. The van der Waals surface area contributed by atoms with Gasteiger partial charge in [0.1, 0.15) is 5.58 Å². The van der Waals surface area contributed by atoms with Crippen molar-refractivity contribution >= 4 is 23.1 Å². The fourth-order valence-electron chi connectivity index (χ4n) is 2.25. The van der Waals surface area contributed by atoms with Crippen molar-refractivity contribution in [2.75, 3.05) is 0 Å². The van der Waals surface area contributed by atoms with Gasteiger partial charge in [0, 0.05) is 16.5 Å². The number of fused-ring (bicyclic) bond motifs is 1. The van der Waals surface area contributed by atoms with Gasteiger partial charge in [0.15, 0.2) is 17.3 Å². The lowest BCUT2D eigenvalue weighted by Gasteiger charge is -2.01. The molecule has 0 aliphatic rings. The molecule has 0 unspecified atom stereocenters. The Balaban J connectivity index is 1.80. The van der Waals surface area contributed by atoms with Gasteiger partial charge in [-0.1, -0.05) is 24.3 Å². The van der Waals surface area contributed by atoms with E-state index < -0.39 is 5.91 Å². The Labute approximate surface area is 131 Å². The van der Waals surface area contributed by atoms with E-state index in [1.807, 2.05) is 18.2 Å². The van der Waals surface area contributed by atoms with Crippen LogP contribution in [0.4, 0.5) is 0 Å². The number of amides is 1. The zero-order valence-electron chi connectivity index (χ0n) is 12.3. The van der Waals surface area contributed by atoms with Crippen LogP contribution in [0.3, 0.4) is 0 Å². The third kappa shape index (κ3) is 2.74. The van der Waals surface area contributed by atoms with Crippen molar-refractivity contribution in [3.05, 3.63) is 59.4 Å². The predicted molar refractivity (Wildman–Crippen MR) is 85.8 cm³/mol. The molecular formula is C17H14N2O4. The molecule has 6 heteroatoms. The number of nitrogens with zero attached hydrogens (tertiary/aromatic N) is 1. The maximum Gasteiger partial charge on any atom is 0.307 e. The number of aryl methyl sites for hydroxylation is 1. The van der Waals surface area contributed by atoms with Crippen molar-refractivity contribution in [3.63, 3.8) is 0 Å². The van der Waals surface area contributed by atoms with Crippen molar-refractivity contribution in [1.82, 2.24) is 5.43 Å². The van der Waals surface area contributed by atoms with Crippen molar-refractivity contribution in [2.45, 2.75) is 6.92 Å². The van der Waals surface area contributed by atoms with Gasteiger partial charge >= 0.3 is 5.91 Å². The number of rotatable bonds is 3. The first-order valence-corrected chi connectivity index (χ1v) is 6.90. The van der Waals surface area contributed by atoms with Crippen LogP contribution in [0.25, 0.3) is 11.0 Å². The van der Waals surface area contributed by atoms with E-state index in [1.54, 1.807) is 25.1 Å².